The molecule has 24 heavy (non-hydrogen) atoms. The van der Waals surface area contributed by atoms with Crippen molar-refractivity contribution in [1.29, 1.82) is 0 Å². The molecule has 0 fully saturated rings. The molecule has 3 rings (SSSR count). The summed E-state index contributed by atoms with van der Waals surface area (Å²) in [6.45, 7) is 1.65. The number of thioether (sulfide) groups is 1. The van der Waals surface area contributed by atoms with Gasteiger partial charge in [-0.15, -0.1) is 11.8 Å². The third-order valence-corrected chi connectivity index (χ3v) is 4.93. The lowest BCUT2D eigenvalue weighted by Gasteiger charge is -2.07. The van der Waals surface area contributed by atoms with Crippen LogP contribution in [0.3, 0.4) is 0 Å². The van der Waals surface area contributed by atoms with Gasteiger partial charge in [0.25, 0.3) is 0 Å². The van der Waals surface area contributed by atoms with Crippen LogP contribution >= 0.6 is 11.8 Å². The van der Waals surface area contributed by atoms with Crippen molar-refractivity contribution in [1.82, 2.24) is 9.88 Å². The molecule has 0 aliphatic heterocycles. The zero-order valence-electron chi connectivity index (χ0n) is 13.7. The van der Waals surface area contributed by atoms with Gasteiger partial charge in [-0.2, -0.15) is 0 Å². The molecule has 1 heterocycles. The Labute approximate surface area is 147 Å². The van der Waals surface area contributed by atoms with Crippen LogP contribution in [0.2, 0.25) is 0 Å². The second-order valence-electron chi connectivity index (χ2n) is 5.68. The average Bonchev–Trinajstić information content (AvgIpc) is 3.03. The van der Waals surface area contributed by atoms with E-state index in [1.165, 1.54) is 15.8 Å². The van der Waals surface area contributed by atoms with Crippen LogP contribution < -0.4 is 5.32 Å². The van der Waals surface area contributed by atoms with Crippen LogP contribution in [0, 0.1) is 0 Å². The fraction of sp³-hybridized carbons (Fsp3) is 0.250. The van der Waals surface area contributed by atoms with Crippen molar-refractivity contribution in [3.63, 3.8) is 0 Å². The average molecular weight is 338 g/mol. The Hall–Kier alpha value is -2.20. The summed E-state index contributed by atoms with van der Waals surface area (Å²) < 4.78 is 2.24. The summed E-state index contributed by atoms with van der Waals surface area (Å²) in [4.78, 5) is 13.1. The summed E-state index contributed by atoms with van der Waals surface area (Å²) >= 11 is 1.72. The van der Waals surface area contributed by atoms with E-state index < -0.39 is 0 Å². The molecule has 0 bridgehead atoms. The first kappa shape index (κ1) is 16.7. The Balaban J connectivity index is 1.33. The quantitative estimate of drug-likeness (QED) is 0.490. The topological polar surface area (TPSA) is 34.0 Å². The molecule has 124 valence electrons. The van der Waals surface area contributed by atoms with Gasteiger partial charge >= 0.3 is 0 Å². The molecule has 0 spiro atoms. The van der Waals surface area contributed by atoms with Crippen LogP contribution in [0.15, 0.2) is 71.8 Å². The van der Waals surface area contributed by atoms with Gasteiger partial charge in [0.15, 0.2) is 0 Å². The molecule has 0 aliphatic rings. The van der Waals surface area contributed by atoms with E-state index in [1.807, 2.05) is 18.2 Å². The summed E-state index contributed by atoms with van der Waals surface area (Å²) in [5, 5.41) is 4.28. The number of hydrogen-bond donors (Lipinski definition) is 1. The second kappa shape index (κ2) is 8.60. The molecule has 1 amide bonds. The Bertz CT molecular complexity index is 782. The molecule has 4 heteroatoms. The monoisotopic (exact) mass is 338 g/mol. The van der Waals surface area contributed by atoms with Crippen LogP contribution in [0.4, 0.5) is 0 Å². The summed E-state index contributed by atoms with van der Waals surface area (Å²) in [5.41, 5.74) is 1.25. The van der Waals surface area contributed by atoms with Gasteiger partial charge < -0.3 is 9.88 Å². The third-order valence-electron chi connectivity index (χ3n) is 3.92. The number of carbonyl (C=O) groups is 1. The Morgan fingerprint density at radius 2 is 1.79 bits per heavy atom. The smallest absolute Gasteiger partial charge is 0.220 e. The number of fused-ring (bicyclic) bond motifs is 1. The van der Waals surface area contributed by atoms with Crippen molar-refractivity contribution in [2.24, 2.45) is 0 Å². The summed E-state index contributed by atoms with van der Waals surface area (Å²) in [6, 6.07) is 20.7. The predicted octanol–water partition coefficient (Wildman–Crippen LogP) is 4.33. The number of nitrogens with one attached hydrogen (secondary N) is 1. The molecule has 0 radical (unpaired) electrons. The zero-order chi connectivity index (χ0) is 16.6. The standard InChI is InChI=1S/C20H22N2OS/c23-20(12-16-24-18-8-2-1-3-9-18)21-13-6-14-22-15-11-17-7-4-5-10-19(17)22/h1-5,7-11,15H,6,12-14,16H2,(H,21,23). The van der Waals surface area contributed by atoms with Crippen LogP contribution in [0.1, 0.15) is 12.8 Å². The van der Waals surface area contributed by atoms with Crippen LogP contribution in [-0.4, -0.2) is 22.8 Å². The van der Waals surface area contributed by atoms with E-state index in [0.717, 1.165) is 25.3 Å². The second-order valence-corrected chi connectivity index (χ2v) is 6.85. The van der Waals surface area contributed by atoms with E-state index in [-0.39, 0.29) is 5.91 Å². The van der Waals surface area contributed by atoms with E-state index in [4.69, 9.17) is 0 Å². The first-order valence-electron chi connectivity index (χ1n) is 8.31. The highest BCUT2D eigenvalue weighted by atomic mass is 32.2. The van der Waals surface area contributed by atoms with E-state index in [0.29, 0.717) is 6.42 Å². The Morgan fingerprint density at radius 3 is 2.67 bits per heavy atom. The maximum Gasteiger partial charge on any atom is 0.220 e. The molecule has 0 saturated carbocycles. The van der Waals surface area contributed by atoms with Crippen molar-refractivity contribution < 1.29 is 4.79 Å². The van der Waals surface area contributed by atoms with E-state index >= 15 is 0 Å². The number of hydrogen-bond acceptors (Lipinski definition) is 2. The fourth-order valence-electron chi connectivity index (χ4n) is 2.68. The van der Waals surface area contributed by atoms with E-state index in [2.05, 4.69) is 58.5 Å². The lowest BCUT2D eigenvalue weighted by molar-refractivity contribution is -0.120. The number of amides is 1. The molecule has 0 atom stereocenters. The number of nitrogens with zero attached hydrogens (tertiary/aromatic N) is 1. The van der Waals surface area contributed by atoms with Crippen LogP contribution in [0.25, 0.3) is 10.9 Å². The number of carbonyl (C=O) groups excluding carboxylic acids is 1. The molecule has 0 saturated heterocycles. The molecule has 3 aromatic rings. The SMILES string of the molecule is O=C(CCSc1ccccc1)NCCCn1ccc2ccccc21. The van der Waals surface area contributed by atoms with Gasteiger partial charge in [0.1, 0.15) is 0 Å². The zero-order valence-corrected chi connectivity index (χ0v) is 14.5. The van der Waals surface area contributed by atoms with Gasteiger partial charge in [0.05, 0.1) is 0 Å². The molecule has 1 N–H and O–H groups in total. The van der Waals surface area contributed by atoms with Crippen LogP contribution in [-0.2, 0) is 11.3 Å². The molecule has 3 nitrogen and oxygen atoms in total. The fourth-order valence-corrected chi connectivity index (χ4v) is 3.55. The van der Waals surface area contributed by atoms with E-state index in [1.54, 1.807) is 11.8 Å². The first-order valence-corrected chi connectivity index (χ1v) is 9.30. The minimum absolute atomic E-state index is 0.135. The van der Waals surface area contributed by atoms with Gasteiger partial charge in [-0.05, 0) is 36.1 Å². The van der Waals surface area contributed by atoms with Gasteiger partial charge in [-0.3, -0.25) is 4.79 Å². The number of benzene rings is 2. The molecule has 0 unspecified atom stereocenters. The van der Waals surface area contributed by atoms with Gasteiger partial charge in [-0.25, -0.2) is 0 Å². The molecule has 1 aromatic heterocycles. The molecular weight excluding hydrogens is 316 g/mol. The highest BCUT2D eigenvalue weighted by Crippen LogP contribution is 2.17. The highest BCUT2D eigenvalue weighted by Gasteiger charge is 2.03. The van der Waals surface area contributed by atoms with Crippen molar-refractivity contribution >= 4 is 28.6 Å². The predicted molar refractivity (Wildman–Crippen MR) is 101 cm³/mol. The normalized spacial score (nSPS) is 10.8. The molecule has 2 aromatic carbocycles. The summed E-state index contributed by atoms with van der Waals surface area (Å²) in [6.07, 6.45) is 3.62. The molecular formula is C20H22N2OS. The number of aryl methyl sites for hydroxylation is 1. The Morgan fingerprint density at radius 1 is 1.00 bits per heavy atom. The summed E-state index contributed by atoms with van der Waals surface area (Å²) in [5.74, 6) is 0.953. The van der Waals surface area contributed by atoms with Gasteiger partial charge in [0.2, 0.25) is 5.91 Å². The van der Waals surface area contributed by atoms with E-state index in [9.17, 15) is 4.79 Å². The lowest BCUT2D eigenvalue weighted by atomic mass is 10.2. The maximum absolute atomic E-state index is 11.9. The highest BCUT2D eigenvalue weighted by molar-refractivity contribution is 7.99. The lowest BCUT2D eigenvalue weighted by Crippen LogP contribution is -2.25. The first-order chi connectivity index (χ1) is 11.8. The minimum atomic E-state index is 0.135. The molecule has 0 aliphatic carbocycles. The van der Waals surface area contributed by atoms with Crippen molar-refractivity contribution in [2.75, 3.05) is 12.3 Å². The van der Waals surface area contributed by atoms with Gasteiger partial charge in [0, 0.05) is 41.9 Å². The van der Waals surface area contributed by atoms with Crippen molar-refractivity contribution in [3.05, 3.63) is 66.9 Å². The number of para-hydroxylation sites is 1. The minimum Gasteiger partial charge on any atom is -0.356 e. The van der Waals surface area contributed by atoms with Crippen LogP contribution in [0.5, 0.6) is 0 Å². The summed E-state index contributed by atoms with van der Waals surface area (Å²) in [7, 11) is 0. The largest absolute Gasteiger partial charge is 0.356 e. The number of rotatable bonds is 8. The number of aromatic nitrogens is 1. The Kier molecular flexibility index (Phi) is 5.96. The maximum atomic E-state index is 11.9. The third kappa shape index (κ3) is 4.65. The van der Waals surface area contributed by atoms with Gasteiger partial charge in [-0.1, -0.05) is 36.4 Å². The van der Waals surface area contributed by atoms with Crippen molar-refractivity contribution in [2.45, 2.75) is 24.3 Å². The van der Waals surface area contributed by atoms with Crippen molar-refractivity contribution in [3.8, 4) is 0 Å².